The number of rotatable bonds is 5. The maximum atomic E-state index is 6.02. The summed E-state index contributed by atoms with van der Waals surface area (Å²) < 4.78 is 18.3. The summed E-state index contributed by atoms with van der Waals surface area (Å²) in [7, 11) is 4.75. The smallest absolute Gasteiger partial charge is 0.216 e. The lowest BCUT2D eigenvalue weighted by atomic mass is 10.1. The Kier molecular flexibility index (Phi) is 4.63. The van der Waals surface area contributed by atoms with Gasteiger partial charge in [0.15, 0.2) is 17.3 Å². The first-order valence-electron chi connectivity index (χ1n) is 8.05. The summed E-state index contributed by atoms with van der Waals surface area (Å²) in [6.07, 6.45) is 0. The highest BCUT2D eigenvalue weighted by molar-refractivity contribution is 7.15. The minimum absolute atomic E-state index is 0.535. The molecule has 2 heterocycles. The molecular weight excluding hydrogens is 386 g/mol. The van der Waals surface area contributed by atoms with Crippen molar-refractivity contribution in [1.29, 1.82) is 0 Å². The molecule has 2 aromatic heterocycles. The molecule has 0 spiro atoms. The van der Waals surface area contributed by atoms with E-state index in [1.54, 1.807) is 21.3 Å². The fraction of sp³-hybridized carbons (Fsp3) is 0.158. The van der Waals surface area contributed by atoms with Crippen LogP contribution in [-0.2, 0) is 0 Å². The van der Waals surface area contributed by atoms with Crippen LogP contribution < -0.4 is 14.2 Å². The highest BCUT2D eigenvalue weighted by Gasteiger charge is 2.19. The maximum absolute atomic E-state index is 6.02. The van der Waals surface area contributed by atoms with Gasteiger partial charge in [-0.25, -0.2) is 0 Å². The molecule has 0 amide bonds. The number of ether oxygens (including phenoxy) is 3. The summed E-state index contributed by atoms with van der Waals surface area (Å²) in [5, 5.41) is 11.4. The van der Waals surface area contributed by atoms with Gasteiger partial charge >= 0.3 is 0 Å². The third-order valence-electron chi connectivity index (χ3n) is 4.21. The first kappa shape index (κ1) is 17.6. The van der Waals surface area contributed by atoms with Crippen LogP contribution in [0.4, 0.5) is 0 Å². The molecule has 6 nitrogen and oxygen atoms in total. The molecule has 27 heavy (non-hydrogen) atoms. The molecule has 0 atom stereocenters. The van der Waals surface area contributed by atoms with E-state index in [1.807, 2.05) is 40.8 Å². The van der Waals surface area contributed by atoms with Crippen LogP contribution in [0.5, 0.6) is 17.2 Å². The second-order valence-corrected chi connectivity index (χ2v) is 6.96. The topological polar surface area (TPSA) is 57.9 Å². The molecule has 0 aliphatic heterocycles. The summed E-state index contributed by atoms with van der Waals surface area (Å²) in [5.41, 5.74) is 2.82. The number of hydrogen-bond acceptors (Lipinski definition) is 6. The van der Waals surface area contributed by atoms with E-state index >= 15 is 0 Å². The molecule has 0 saturated heterocycles. The lowest BCUT2D eigenvalue weighted by Gasteiger charge is -2.13. The van der Waals surface area contributed by atoms with Crippen molar-refractivity contribution in [3.63, 3.8) is 0 Å². The molecule has 0 aliphatic carbocycles. The van der Waals surface area contributed by atoms with E-state index < -0.39 is 0 Å². The first-order valence-corrected chi connectivity index (χ1v) is 9.31. The summed E-state index contributed by atoms with van der Waals surface area (Å²) in [6, 6.07) is 11.4. The number of thiazole rings is 1. The van der Waals surface area contributed by atoms with Crippen molar-refractivity contribution in [3.05, 3.63) is 46.8 Å². The molecule has 4 rings (SSSR count). The van der Waals surface area contributed by atoms with Gasteiger partial charge in [-0.3, -0.25) is 4.40 Å². The minimum atomic E-state index is 0.535. The fourth-order valence-corrected chi connectivity index (χ4v) is 3.90. The number of fused-ring (bicyclic) bond motifs is 1. The normalized spacial score (nSPS) is 11.0. The molecule has 0 unspecified atom stereocenters. The standard InChI is InChI=1S/C19H16ClN3O3S/c1-24-15-8-12(9-16(25-2)17(15)26-3)18-21-22-19-23(18)14(10-27-19)11-4-6-13(20)7-5-11/h4-10H,1-3H3. The molecule has 0 aliphatic rings. The Bertz CT molecular complexity index is 1080. The number of benzene rings is 2. The lowest BCUT2D eigenvalue weighted by molar-refractivity contribution is 0.324. The van der Waals surface area contributed by atoms with E-state index in [0.717, 1.165) is 21.8 Å². The minimum Gasteiger partial charge on any atom is -0.493 e. The van der Waals surface area contributed by atoms with Crippen LogP contribution in [0.25, 0.3) is 27.6 Å². The highest BCUT2D eigenvalue weighted by atomic mass is 35.5. The Morgan fingerprint density at radius 2 is 1.56 bits per heavy atom. The van der Waals surface area contributed by atoms with Crippen LogP contribution in [-0.4, -0.2) is 35.9 Å². The van der Waals surface area contributed by atoms with E-state index in [2.05, 4.69) is 15.6 Å². The van der Waals surface area contributed by atoms with E-state index in [1.165, 1.54) is 11.3 Å². The zero-order valence-electron chi connectivity index (χ0n) is 14.9. The number of nitrogens with zero attached hydrogens (tertiary/aromatic N) is 3. The van der Waals surface area contributed by atoms with Crippen molar-refractivity contribution in [2.24, 2.45) is 0 Å². The van der Waals surface area contributed by atoms with Gasteiger partial charge in [0.2, 0.25) is 10.7 Å². The highest BCUT2D eigenvalue weighted by Crippen LogP contribution is 2.41. The van der Waals surface area contributed by atoms with Crippen LogP contribution >= 0.6 is 22.9 Å². The average molecular weight is 402 g/mol. The molecule has 0 radical (unpaired) electrons. The largest absolute Gasteiger partial charge is 0.493 e. The summed E-state index contributed by atoms with van der Waals surface area (Å²) in [5.74, 6) is 2.35. The van der Waals surface area contributed by atoms with Crippen LogP contribution in [0, 0.1) is 0 Å². The van der Waals surface area contributed by atoms with Gasteiger partial charge in [-0.2, -0.15) is 0 Å². The van der Waals surface area contributed by atoms with Crippen molar-refractivity contribution in [2.75, 3.05) is 21.3 Å². The molecular formula is C19H16ClN3O3S. The van der Waals surface area contributed by atoms with Crippen LogP contribution in [0.2, 0.25) is 5.02 Å². The Balaban J connectivity index is 1.93. The summed E-state index contributed by atoms with van der Waals surface area (Å²) in [4.78, 5) is 0.795. The van der Waals surface area contributed by atoms with E-state index in [-0.39, 0.29) is 0 Å². The molecule has 8 heteroatoms. The second kappa shape index (κ2) is 7.09. The van der Waals surface area contributed by atoms with Crippen LogP contribution in [0.3, 0.4) is 0 Å². The van der Waals surface area contributed by atoms with E-state index in [0.29, 0.717) is 28.1 Å². The molecule has 138 valence electrons. The van der Waals surface area contributed by atoms with Gasteiger partial charge in [0.1, 0.15) is 0 Å². The monoisotopic (exact) mass is 401 g/mol. The predicted octanol–water partition coefficient (Wildman–Crippen LogP) is 4.80. The first-order chi connectivity index (χ1) is 13.2. The second-order valence-electron chi connectivity index (χ2n) is 5.68. The van der Waals surface area contributed by atoms with Gasteiger partial charge in [0.25, 0.3) is 0 Å². The third kappa shape index (κ3) is 2.98. The van der Waals surface area contributed by atoms with Gasteiger partial charge in [0.05, 0.1) is 27.0 Å². The fourth-order valence-electron chi connectivity index (χ4n) is 2.94. The van der Waals surface area contributed by atoms with Gasteiger partial charge in [-0.1, -0.05) is 23.7 Å². The molecule has 4 aromatic rings. The van der Waals surface area contributed by atoms with Gasteiger partial charge in [0, 0.05) is 16.0 Å². The molecule has 0 bridgehead atoms. The van der Waals surface area contributed by atoms with Gasteiger partial charge in [-0.05, 0) is 29.8 Å². The molecule has 0 N–H and O–H groups in total. The molecule has 0 fully saturated rings. The Morgan fingerprint density at radius 3 is 2.15 bits per heavy atom. The van der Waals surface area contributed by atoms with Gasteiger partial charge in [-0.15, -0.1) is 21.5 Å². The molecule has 2 aromatic carbocycles. The maximum Gasteiger partial charge on any atom is 0.216 e. The van der Waals surface area contributed by atoms with E-state index in [4.69, 9.17) is 25.8 Å². The average Bonchev–Trinajstić information content (AvgIpc) is 3.29. The SMILES string of the molecule is COc1cc(-c2nnc3scc(-c4ccc(Cl)cc4)n23)cc(OC)c1OC. The Labute approximate surface area is 164 Å². The Morgan fingerprint density at radius 1 is 0.889 bits per heavy atom. The van der Waals surface area contributed by atoms with Gasteiger partial charge < -0.3 is 14.2 Å². The number of halogens is 1. The quantitative estimate of drug-likeness (QED) is 0.480. The zero-order chi connectivity index (χ0) is 19.0. The van der Waals surface area contributed by atoms with Crippen LogP contribution in [0.1, 0.15) is 0 Å². The van der Waals surface area contributed by atoms with Crippen molar-refractivity contribution in [1.82, 2.24) is 14.6 Å². The van der Waals surface area contributed by atoms with Crippen molar-refractivity contribution < 1.29 is 14.2 Å². The summed E-state index contributed by atoms with van der Waals surface area (Å²) in [6.45, 7) is 0. The van der Waals surface area contributed by atoms with Crippen molar-refractivity contribution in [3.8, 4) is 39.9 Å². The van der Waals surface area contributed by atoms with E-state index in [9.17, 15) is 0 Å². The number of aromatic nitrogens is 3. The van der Waals surface area contributed by atoms with Crippen molar-refractivity contribution in [2.45, 2.75) is 0 Å². The van der Waals surface area contributed by atoms with Crippen LogP contribution in [0.15, 0.2) is 41.8 Å². The Hall–Kier alpha value is -2.77. The molecule has 0 saturated carbocycles. The lowest BCUT2D eigenvalue weighted by Crippen LogP contribution is -1.97. The number of methoxy groups -OCH3 is 3. The number of hydrogen-bond donors (Lipinski definition) is 0. The van der Waals surface area contributed by atoms with Crippen molar-refractivity contribution >= 4 is 27.9 Å². The predicted molar refractivity (Wildman–Crippen MR) is 106 cm³/mol. The third-order valence-corrected chi connectivity index (χ3v) is 5.28. The zero-order valence-corrected chi connectivity index (χ0v) is 16.5. The summed E-state index contributed by atoms with van der Waals surface area (Å²) >= 11 is 7.55.